The highest BCUT2D eigenvalue weighted by molar-refractivity contribution is 5.81. The number of amides is 1. The summed E-state index contributed by atoms with van der Waals surface area (Å²) in [6.45, 7) is 2.07. The number of carbonyl (C=O) groups is 1. The summed E-state index contributed by atoms with van der Waals surface area (Å²) in [6.07, 6.45) is 6.04. The van der Waals surface area contributed by atoms with Crippen LogP contribution in [0.4, 0.5) is 0 Å². The molecule has 1 unspecified atom stereocenters. The number of hydrogen-bond donors (Lipinski definition) is 1. The SMILES string of the molecule is CCC(C(=O)NC)N(C)C1CCCC1. The lowest BCUT2D eigenvalue weighted by Crippen LogP contribution is -2.47. The van der Waals surface area contributed by atoms with Gasteiger partial charge in [0.1, 0.15) is 0 Å². The van der Waals surface area contributed by atoms with E-state index in [2.05, 4.69) is 24.2 Å². The van der Waals surface area contributed by atoms with Crippen molar-refractivity contribution in [2.75, 3.05) is 14.1 Å². The smallest absolute Gasteiger partial charge is 0.237 e. The number of carbonyl (C=O) groups excluding carboxylic acids is 1. The van der Waals surface area contributed by atoms with E-state index in [0.29, 0.717) is 6.04 Å². The molecule has 1 aliphatic carbocycles. The zero-order valence-corrected chi connectivity index (χ0v) is 9.55. The number of likely N-dealkylation sites (N-methyl/N-ethyl adjacent to an activating group) is 2. The van der Waals surface area contributed by atoms with Gasteiger partial charge in [-0.15, -0.1) is 0 Å². The van der Waals surface area contributed by atoms with Crippen LogP contribution in [0, 0.1) is 0 Å². The summed E-state index contributed by atoms with van der Waals surface area (Å²) in [5.41, 5.74) is 0. The van der Waals surface area contributed by atoms with Gasteiger partial charge in [-0.25, -0.2) is 0 Å². The summed E-state index contributed by atoms with van der Waals surface area (Å²) < 4.78 is 0. The molecular formula is C11H22N2O. The molecule has 82 valence electrons. The summed E-state index contributed by atoms with van der Waals surface area (Å²) in [5, 5.41) is 2.74. The van der Waals surface area contributed by atoms with E-state index in [0.717, 1.165) is 6.42 Å². The molecule has 1 rings (SSSR count). The Morgan fingerprint density at radius 2 is 2.07 bits per heavy atom. The van der Waals surface area contributed by atoms with Gasteiger partial charge in [0.2, 0.25) is 5.91 Å². The van der Waals surface area contributed by atoms with E-state index in [1.165, 1.54) is 25.7 Å². The zero-order chi connectivity index (χ0) is 10.6. The molecule has 1 saturated carbocycles. The van der Waals surface area contributed by atoms with Crippen LogP contribution in [0.5, 0.6) is 0 Å². The van der Waals surface area contributed by atoms with Crippen molar-refractivity contribution < 1.29 is 4.79 Å². The van der Waals surface area contributed by atoms with Crippen LogP contribution in [0.15, 0.2) is 0 Å². The summed E-state index contributed by atoms with van der Waals surface area (Å²) in [5.74, 6) is 0.155. The minimum Gasteiger partial charge on any atom is -0.358 e. The molecule has 0 aromatic carbocycles. The molecule has 0 aromatic heterocycles. The van der Waals surface area contributed by atoms with Gasteiger partial charge in [0.25, 0.3) is 0 Å². The second kappa shape index (κ2) is 5.35. The molecular weight excluding hydrogens is 176 g/mol. The van der Waals surface area contributed by atoms with Crippen LogP contribution in [0.3, 0.4) is 0 Å². The van der Waals surface area contributed by atoms with E-state index in [4.69, 9.17) is 0 Å². The third kappa shape index (κ3) is 2.47. The Hall–Kier alpha value is -0.570. The van der Waals surface area contributed by atoms with Gasteiger partial charge < -0.3 is 5.32 Å². The topological polar surface area (TPSA) is 32.3 Å². The molecule has 0 bridgehead atoms. The second-order valence-electron chi connectivity index (χ2n) is 4.14. The summed E-state index contributed by atoms with van der Waals surface area (Å²) in [6, 6.07) is 0.681. The fourth-order valence-corrected chi connectivity index (χ4v) is 2.39. The third-order valence-electron chi connectivity index (χ3n) is 3.33. The van der Waals surface area contributed by atoms with Gasteiger partial charge in [-0.3, -0.25) is 9.69 Å². The number of nitrogens with one attached hydrogen (secondary N) is 1. The quantitative estimate of drug-likeness (QED) is 0.740. The van der Waals surface area contributed by atoms with Crippen molar-refractivity contribution in [3.63, 3.8) is 0 Å². The van der Waals surface area contributed by atoms with Crippen LogP contribution >= 0.6 is 0 Å². The van der Waals surface area contributed by atoms with Crippen molar-refractivity contribution in [2.45, 2.75) is 51.1 Å². The van der Waals surface area contributed by atoms with Crippen molar-refractivity contribution in [3.05, 3.63) is 0 Å². The minimum absolute atomic E-state index is 0.0584. The second-order valence-corrected chi connectivity index (χ2v) is 4.14. The molecule has 0 aromatic rings. The predicted octanol–water partition coefficient (Wildman–Crippen LogP) is 1.39. The molecule has 1 fully saturated rings. The molecule has 0 heterocycles. The Morgan fingerprint density at radius 3 is 2.50 bits per heavy atom. The maximum absolute atomic E-state index is 11.6. The van der Waals surface area contributed by atoms with Gasteiger partial charge in [-0.2, -0.15) is 0 Å². The molecule has 0 aliphatic heterocycles. The van der Waals surface area contributed by atoms with Crippen molar-refractivity contribution >= 4 is 5.91 Å². The van der Waals surface area contributed by atoms with Crippen LogP contribution in [-0.2, 0) is 4.79 Å². The van der Waals surface area contributed by atoms with E-state index >= 15 is 0 Å². The number of nitrogens with zero attached hydrogens (tertiary/aromatic N) is 1. The summed E-state index contributed by atoms with van der Waals surface area (Å²) in [7, 11) is 3.80. The molecule has 0 saturated heterocycles. The van der Waals surface area contributed by atoms with E-state index in [-0.39, 0.29) is 11.9 Å². The largest absolute Gasteiger partial charge is 0.358 e. The molecule has 1 atom stereocenters. The number of hydrogen-bond acceptors (Lipinski definition) is 2. The van der Waals surface area contributed by atoms with Crippen LogP contribution in [0.25, 0.3) is 0 Å². The maximum Gasteiger partial charge on any atom is 0.237 e. The van der Waals surface area contributed by atoms with Gasteiger partial charge in [0.15, 0.2) is 0 Å². The summed E-state index contributed by atoms with van der Waals surface area (Å²) >= 11 is 0. The van der Waals surface area contributed by atoms with Crippen molar-refractivity contribution in [1.82, 2.24) is 10.2 Å². The Kier molecular flexibility index (Phi) is 4.39. The van der Waals surface area contributed by atoms with Crippen molar-refractivity contribution in [3.8, 4) is 0 Å². The Morgan fingerprint density at radius 1 is 1.50 bits per heavy atom. The van der Waals surface area contributed by atoms with Crippen LogP contribution in [0.2, 0.25) is 0 Å². The first kappa shape index (κ1) is 11.5. The molecule has 0 radical (unpaired) electrons. The van der Waals surface area contributed by atoms with Crippen LogP contribution < -0.4 is 5.32 Å². The van der Waals surface area contributed by atoms with Crippen molar-refractivity contribution in [1.29, 1.82) is 0 Å². The average Bonchev–Trinajstić information content (AvgIpc) is 2.71. The lowest BCUT2D eigenvalue weighted by Gasteiger charge is -2.31. The number of rotatable bonds is 4. The van der Waals surface area contributed by atoms with E-state index in [9.17, 15) is 4.79 Å². The summed E-state index contributed by atoms with van der Waals surface area (Å²) in [4.78, 5) is 13.8. The monoisotopic (exact) mass is 198 g/mol. The highest BCUT2D eigenvalue weighted by atomic mass is 16.2. The average molecular weight is 198 g/mol. The highest BCUT2D eigenvalue weighted by Crippen LogP contribution is 2.24. The first-order valence-electron chi connectivity index (χ1n) is 5.64. The van der Waals surface area contributed by atoms with Gasteiger partial charge in [0, 0.05) is 13.1 Å². The fourth-order valence-electron chi connectivity index (χ4n) is 2.39. The molecule has 3 heteroatoms. The third-order valence-corrected chi connectivity index (χ3v) is 3.33. The predicted molar refractivity (Wildman–Crippen MR) is 58.2 cm³/mol. The molecule has 1 aliphatic rings. The van der Waals surface area contributed by atoms with Crippen LogP contribution in [0.1, 0.15) is 39.0 Å². The molecule has 3 nitrogen and oxygen atoms in total. The maximum atomic E-state index is 11.6. The van der Waals surface area contributed by atoms with Gasteiger partial charge >= 0.3 is 0 Å². The minimum atomic E-state index is 0.0584. The van der Waals surface area contributed by atoms with E-state index in [1.807, 2.05) is 0 Å². The Labute approximate surface area is 86.9 Å². The Bertz CT molecular complexity index is 188. The highest BCUT2D eigenvalue weighted by Gasteiger charge is 2.28. The van der Waals surface area contributed by atoms with Gasteiger partial charge in [-0.1, -0.05) is 19.8 Å². The van der Waals surface area contributed by atoms with Gasteiger partial charge in [0.05, 0.1) is 6.04 Å². The molecule has 0 spiro atoms. The Balaban J connectivity index is 2.54. The van der Waals surface area contributed by atoms with Gasteiger partial charge in [-0.05, 0) is 26.3 Å². The van der Waals surface area contributed by atoms with E-state index < -0.39 is 0 Å². The first-order chi connectivity index (χ1) is 6.70. The zero-order valence-electron chi connectivity index (χ0n) is 9.55. The normalized spacial score (nSPS) is 20.0. The molecule has 1 N–H and O–H groups in total. The fraction of sp³-hybridized carbons (Fsp3) is 0.909. The van der Waals surface area contributed by atoms with Crippen LogP contribution in [-0.4, -0.2) is 37.0 Å². The lowest BCUT2D eigenvalue weighted by molar-refractivity contribution is -0.126. The molecule has 14 heavy (non-hydrogen) atoms. The first-order valence-corrected chi connectivity index (χ1v) is 5.64. The lowest BCUT2D eigenvalue weighted by atomic mass is 10.1. The molecule has 1 amide bonds. The standard InChI is InChI=1S/C11H22N2O/c1-4-10(11(14)12-2)13(3)9-7-5-6-8-9/h9-10H,4-8H2,1-3H3,(H,12,14). The van der Waals surface area contributed by atoms with Crippen molar-refractivity contribution in [2.24, 2.45) is 0 Å². The van der Waals surface area contributed by atoms with E-state index in [1.54, 1.807) is 7.05 Å².